The van der Waals surface area contributed by atoms with Crippen LogP contribution in [0, 0.1) is 13.8 Å². The Morgan fingerprint density at radius 1 is 1.15 bits per heavy atom. The van der Waals surface area contributed by atoms with Gasteiger partial charge in [0.05, 0.1) is 6.54 Å². The van der Waals surface area contributed by atoms with Gasteiger partial charge in [-0.15, -0.1) is 0 Å². The van der Waals surface area contributed by atoms with Crippen molar-refractivity contribution in [2.45, 2.75) is 38.8 Å². The fourth-order valence-electron chi connectivity index (χ4n) is 3.39. The van der Waals surface area contributed by atoms with Crippen LogP contribution in [-0.2, 0) is 4.79 Å². The van der Waals surface area contributed by atoms with Crippen molar-refractivity contribution in [3.63, 3.8) is 0 Å². The van der Waals surface area contributed by atoms with Crippen LogP contribution in [0.3, 0.4) is 0 Å². The second kappa shape index (κ2) is 8.84. The Hall–Kier alpha value is -1.63. The molecule has 1 saturated carbocycles. The van der Waals surface area contributed by atoms with Crippen molar-refractivity contribution >= 4 is 5.91 Å². The molecule has 1 aliphatic carbocycles. The second-order valence-corrected chi connectivity index (χ2v) is 7.71. The molecule has 26 heavy (non-hydrogen) atoms. The molecule has 1 unspecified atom stereocenters. The third kappa shape index (κ3) is 6.27. The molecular weight excluding hydrogens is 330 g/mol. The first-order valence-electron chi connectivity index (χ1n) is 9.61. The van der Waals surface area contributed by atoms with Gasteiger partial charge in [0.2, 0.25) is 5.91 Å². The van der Waals surface area contributed by atoms with Gasteiger partial charge in [-0.1, -0.05) is 6.07 Å². The molecule has 1 amide bonds. The van der Waals surface area contributed by atoms with E-state index in [1.807, 2.05) is 26.0 Å². The summed E-state index contributed by atoms with van der Waals surface area (Å²) in [6.45, 7) is 8.95. The van der Waals surface area contributed by atoms with Gasteiger partial charge in [0.1, 0.15) is 18.5 Å². The molecule has 0 aromatic heterocycles. The number of β-amino-alcohol motifs (C(OH)–C–C–N with tert-alkyl or cyclic N) is 1. The standard InChI is InChI=1S/C20H31N3O3/c1-15-9-16(2)11-19(10-15)26-14-18(24)12-22-5-7-23(8-6-22)13-20(25)21-17-3-4-17/h9-11,17-18,24H,3-8,12-14H2,1-2H3,(H,21,25). The molecule has 0 radical (unpaired) electrons. The van der Waals surface area contributed by atoms with Crippen LogP contribution >= 0.6 is 0 Å². The lowest BCUT2D eigenvalue weighted by Crippen LogP contribution is -2.51. The molecule has 1 aromatic carbocycles. The molecule has 1 aromatic rings. The highest BCUT2D eigenvalue weighted by atomic mass is 16.5. The lowest BCUT2D eigenvalue weighted by atomic mass is 10.1. The van der Waals surface area contributed by atoms with Crippen LogP contribution in [0.2, 0.25) is 0 Å². The Balaban J connectivity index is 1.33. The van der Waals surface area contributed by atoms with Gasteiger partial charge in [0.25, 0.3) is 0 Å². The van der Waals surface area contributed by atoms with Crippen LogP contribution in [0.1, 0.15) is 24.0 Å². The van der Waals surface area contributed by atoms with Crippen LogP contribution in [0.5, 0.6) is 5.75 Å². The van der Waals surface area contributed by atoms with Crippen molar-refractivity contribution in [2.75, 3.05) is 45.9 Å². The van der Waals surface area contributed by atoms with Crippen LogP contribution in [-0.4, -0.2) is 78.8 Å². The molecule has 0 bridgehead atoms. The average Bonchev–Trinajstić information content (AvgIpc) is 3.38. The van der Waals surface area contributed by atoms with E-state index in [1.54, 1.807) is 0 Å². The molecule has 6 nitrogen and oxygen atoms in total. The second-order valence-electron chi connectivity index (χ2n) is 7.71. The Kier molecular flexibility index (Phi) is 6.51. The number of nitrogens with zero attached hydrogens (tertiary/aromatic N) is 2. The normalized spacial score (nSPS) is 20.0. The molecule has 2 aliphatic rings. The molecule has 1 aliphatic heterocycles. The summed E-state index contributed by atoms with van der Waals surface area (Å²) in [5, 5.41) is 13.3. The predicted molar refractivity (Wildman–Crippen MR) is 101 cm³/mol. The first-order chi connectivity index (χ1) is 12.5. The number of aliphatic hydroxyl groups excluding tert-OH is 1. The van der Waals surface area contributed by atoms with Gasteiger partial charge >= 0.3 is 0 Å². The molecule has 0 spiro atoms. The summed E-state index contributed by atoms with van der Waals surface area (Å²) in [7, 11) is 0. The minimum absolute atomic E-state index is 0.142. The van der Waals surface area contributed by atoms with E-state index in [2.05, 4.69) is 21.2 Å². The van der Waals surface area contributed by atoms with Crippen LogP contribution in [0.25, 0.3) is 0 Å². The van der Waals surface area contributed by atoms with Gasteiger partial charge in [0, 0.05) is 38.8 Å². The van der Waals surface area contributed by atoms with Crippen LogP contribution < -0.4 is 10.1 Å². The topological polar surface area (TPSA) is 65.0 Å². The molecule has 6 heteroatoms. The van der Waals surface area contributed by atoms with E-state index >= 15 is 0 Å². The molecule has 1 saturated heterocycles. The summed E-state index contributed by atoms with van der Waals surface area (Å²) in [4.78, 5) is 16.3. The summed E-state index contributed by atoms with van der Waals surface area (Å²) >= 11 is 0. The maximum absolute atomic E-state index is 11.9. The van der Waals surface area contributed by atoms with E-state index < -0.39 is 6.10 Å². The third-order valence-corrected chi connectivity index (χ3v) is 4.88. The van der Waals surface area contributed by atoms with Crippen molar-refractivity contribution < 1.29 is 14.6 Å². The Morgan fingerprint density at radius 3 is 2.38 bits per heavy atom. The predicted octanol–water partition coefficient (Wildman–Crippen LogP) is 0.939. The number of ether oxygens (including phenoxy) is 1. The van der Waals surface area contributed by atoms with Gasteiger partial charge in [0.15, 0.2) is 0 Å². The van der Waals surface area contributed by atoms with Gasteiger partial charge in [-0.2, -0.15) is 0 Å². The number of carbonyl (C=O) groups is 1. The van der Waals surface area contributed by atoms with E-state index in [0.29, 0.717) is 25.7 Å². The first kappa shape index (κ1) is 19.1. The molecule has 2 fully saturated rings. The monoisotopic (exact) mass is 361 g/mol. The van der Waals surface area contributed by atoms with Crippen LogP contribution in [0.15, 0.2) is 18.2 Å². The maximum Gasteiger partial charge on any atom is 0.234 e. The van der Waals surface area contributed by atoms with Crippen molar-refractivity contribution in [3.8, 4) is 5.75 Å². The number of carbonyl (C=O) groups excluding carboxylic acids is 1. The van der Waals surface area contributed by atoms with Crippen molar-refractivity contribution in [3.05, 3.63) is 29.3 Å². The smallest absolute Gasteiger partial charge is 0.234 e. The molecular formula is C20H31N3O3. The number of aliphatic hydroxyl groups is 1. The number of nitrogens with one attached hydrogen (secondary N) is 1. The minimum atomic E-state index is -0.513. The van der Waals surface area contributed by atoms with Crippen molar-refractivity contribution in [1.82, 2.24) is 15.1 Å². The summed E-state index contributed by atoms with van der Waals surface area (Å²) < 4.78 is 5.75. The molecule has 2 N–H and O–H groups in total. The van der Waals surface area contributed by atoms with E-state index in [-0.39, 0.29) is 5.91 Å². The number of hydrogen-bond donors (Lipinski definition) is 2. The fraction of sp³-hybridized carbons (Fsp3) is 0.650. The summed E-state index contributed by atoms with van der Waals surface area (Å²) in [6, 6.07) is 6.51. The Bertz CT molecular complexity index is 590. The van der Waals surface area contributed by atoms with E-state index in [0.717, 1.165) is 55.9 Å². The number of piperazine rings is 1. The highest BCUT2D eigenvalue weighted by Crippen LogP contribution is 2.18. The van der Waals surface area contributed by atoms with E-state index in [1.165, 1.54) is 0 Å². The maximum atomic E-state index is 11.9. The van der Waals surface area contributed by atoms with Crippen molar-refractivity contribution in [2.24, 2.45) is 0 Å². The largest absolute Gasteiger partial charge is 0.491 e. The number of amides is 1. The third-order valence-electron chi connectivity index (χ3n) is 4.88. The Morgan fingerprint density at radius 2 is 1.77 bits per heavy atom. The zero-order valence-electron chi connectivity index (χ0n) is 15.9. The minimum Gasteiger partial charge on any atom is -0.491 e. The van der Waals surface area contributed by atoms with E-state index in [9.17, 15) is 9.90 Å². The number of rotatable bonds is 8. The number of benzene rings is 1. The molecule has 144 valence electrons. The van der Waals surface area contributed by atoms with E-state index in [4.69, 9.17) is 4.74 Å². The number of hydrogen-bond acceptors (Lipinski definition) is 5. The summed E-state index contributed by atoms with van der Waals surface area (Å²) in [5.41, 5.74) is 2.33. The van der Waals surface area contributed by atoms with Crippen molar-refractivity contribution in [1.29, 1.82) is 0 Å². The zero-order chi connectivity index (χ0) is 18.5. The lowest BCUT2D eigenvalue weighted by Gasteiger charge is -2.35. The van der Waals surface area contributed by atoms with Gasteiger partial charge in [-0.25, -0.2) is 0 Å². The SMILES string of the molecule is Cc1cc(C)cc(OCC(O)CN2CCN(CC(=O)NC3CC3)CC2)c1. The Labute approximate surface area is 156 Å². The molecule has 1 heterocycles. The van der Waals surface area contributed by atoms with Crippen LogP contribution in [0.4, 0.5) is 0 Å². The highest BCUT2D eigenvalue weighted by Gasteiger charge is 2.25. The molecule has 3 rings (SSSR count). The zero-order valence-corrected chi connectivity index (χ0v) is 15.9. The summed E-state index contributed by atoms with van der Waals surface area (Å²) in [6.07, 6.45) is 1.74. The quantitative estimate of drug-likeness (QED) is 0.721. The van der Waals surface area contributed by atoms with Gasteiger partial charge < -0.3 is 15.2 Å². The first-order valence-corrected chi connectivity index (χ1v) is 9.61. The fourth-order valence-corrected chi connectivity index (χ4v) is 3.39. The molecule has 1 atom stereocenters. The highest BCUT2D eigenvalue weighted by molar-refractivity contribution is 5.78. The number of aryl methyl sites for hydroxylation is 2. The average molecular weight is 361 g/mol. The van der Waals surface area contributed by atoms with Gasteiger partial charge in [-0.3, -0.25) is 14.6 Å². The lowest BCUT2D eigenvalue weighted by molar-refractivity contribution is -0.122. The van der Waals surface area contributed by atoms with Gasteiger partial charge in [-0.05, 0) is 49.9 Å². The summed E-state index contributed by atoms with van der Waals surface area (Å²) in [5.74, 6) is 0.955.